The van der Waals surface area contributed by atoms with Gasteiger partial charge in [-0.15, -0.1) is 0 Å². The molecule has 0 unspecified atom stereocenters. The van der Waals surface area contributed by atoms with E-state index in [0.29, 0.717) is 30.7 Å². The maximum absolute atomic E-state index is 15.1. The molecule has 3 fully saturated rings. The van der Waals surface area contributed by atoms with E-state index in [1.165, 1.54) is 0 Å². The van der Waals surface area contributed by atoms with Gasteiger partial charge in [-0.1, -0.05) is 0 Å². The number of nitrogens with zero attached hydrogens (tertiary/aromatic N) is 5. The van der Waals surface area contributed by atoms with Gasteiger partial charge in [0.25, 0.3) is 0 Å². The number of aromatic amines is 1. The molecule has 2 saturated heterocycles. The molecule has 0 aromatic carbocycles. The van der Waals surface area contributed by atoms with E-state index in [-0.39, 0.29) is 12.1 Å². The molecule has 1 saturated carbocycles. The molecule has 3 N–H and O–H groups in total. The van der Waals surface area contributed by atoms with Crippen LogP contribution < -0.4 is 15.5 Å². The molecular weight excluding hydrogens is 459 g/mol. The number of amides is 1. The van der Waals surface area contributed by atoms with E-state index in [0.717, 1.165) is 37.4 Å². The van der Waals surface area contributed by atoms with Crippen molar-refractivity contribution < 1.29 is 23.4 Å². The van der Waals surface area contributed by atoms with Crippen molar-refractivity contribution in [3.05, 3.63) is 30.2 Å². The highest BCUT2D eigenvalue weighted by atomic mass is 19.1. The van der Waals surface area contributed by atoms with Crippen molar-refractivity contribution in [1.29, 1.82) is 0 Å². The van der Waals surface area contributed by atoms with Crippen molar-refractivity contribution in [2.45, 2.75) is 43.7 Å². The first-order valence-corrected chi connectivity index (χ1v) is 11.7. The van der Waals surface area contributed by atoms with Crippen LogP contribution in [0.1, 0.15) is 31.6 Å². The van der Waals surface area contributed by atoms with Gasteiger partial charge >= 0.3 is 6.09 Å². The summed E-state index contributed by atoms with van der Waals surface area (Å²) in [6.07, 6.45) is 1.23. The molecule has 5 heterocycles. The van der Waals surface area contributed by atoms with Crippen LogP contribution in [0.25, 0.3) is 5.65 Å². The summed E-state index contributed by atoms with van der Waals surface area (Å²) in [5, 5.41) is 13.0. The number of halogens is 1. The lowest BCUT2D eigenvalue weighted by atomic mass is 10.1. The zero-order valence-corrected chi connectivity index (χ0v) is 19.2. The fourth-order valence-corrected chi connectivity index (χ4v) is 4.28. The van der Waals surface area contributed by atoms with Crippen LogP contribution in [0.3, 0.4) is 0 Å². The quantitative estimate of drug-likeness (QED) is 0.479. The van der Waals surface area contributed by atoms with Crippen LogP contribution in [0, 0.1) is 0 Å². The minimum absolute atomic E-state index is 0.0312. The Morgan fingerprint density at radius 3 is 2.94 bits per heavy atom. The van der Waals surface area contributed by atoms with Gasteiger partial charge in [0.05, 0.1) is 25.5 Å². The van der Waals surface area contributed by atoms with Crippen molar-refractivity contribution >= 4 is 29.3 Å². The molecule has 186 valence electrons. The molecule has 1 amide bonds. The van der Waals surface area contributed by atoms with Gasteiger partial charge in [-0.3, -0.25) is 9.50 Å². The third-order valence-electron chi connectivity index (χ3n) is 6.60. The summed E-state index contributed by atoms with van der Waals surface area (Å²) >= 11 is 0. The third-order valence-corrected chi connectivity index (χ3v) is 6.60. The number of aromatic nitrogens is 5. The molecule has 3 atom stereocenters. The van der Waals surface area contributed by atoms with Crippen molar-refractivity contribution in [3.63, 3.8) is 0 Å². The Hall–Kier alpha value is -3.45. The first-order valence-electron chi connectivity index (χ1n) is 11.7. The fraction of sp³-hybridized carbons (Fsp3) is 0.545. The number of rotatable bonds is 6. The molecular formula is C22H27FN8O4. The fourth-order valence-electron chi connectivity index (χ4n) is 4.28. The molecule has 1 aliphatic carbocycles. The van der Waals surface area contributed by atoms with Crippen LogP contribution in [0.2, 0.25) is 0 Å². The number of alkyl carbamates (subject to hydrolysis) is 1. The van der Waals surface area contributed by atoms with Gasteiger partial charge in [0.2, 0.25) is 5.95 Å². The molecule has 35 heavy (non-hydrogen) atoms. The van der Waals surface area contributed by atoms with E-state index in [9.17, 15) is 4.79 Å². The summed E-state index contributed by atoms with van der Waals surface area (Å²) in [4.78, 5) is 23.3. The van der Waals surface area contributed by atoms with E-state index >= 15 is 4.39 Å². The predicted molar refractivity (Wildman–Crippen MR) is 123 cm³/mol. The van der Waals surface area contributed by atoms with E-state index in [2.05, 4.69) is 30.7 Å². The second-order valence-electron chi connectivity index (χ2n) is 9.35. The number of alkyl halides is 1. The standard InChI is InChI=1S/C22H27FN8O4/c1-22(2-3-22)27-21(32)35-14-12-34-19(18(14)23)13-10-15(29-28-13)25-20-26-17(30-6-8-33-9-7-30)11-16-24-4-5-31(16)20/h4-5,10-11,14,18-19H,2-3,6-9,12H2,1H3,(H,27,32)(H2,25,26,28,29)/t14-,18+,19-/m1/s1. The minimum atomic E-state index is -1.52. The molecule has 3 aromatic rings. The van der Waals surface area contributed by atoms with E-state index in [1.807, 2.05) is 17.4 Å². The first-order chi connectivity index (χ1) is 17.0. The number of ether oxygens (including phenoxy) is 3. The summed E-state index contributed by atoms with van der Waals surface area (Å²) in [5.74, 6) is 1.75. The SMILES string of the molecule is CC1(NC(=O)O[C@@H]2CO[C@H](c3cc(Nc4nc(N5CCOCC5)cc5nccn45)n[nH]3)[C@H]2F)CC1. The lowest BCUT2D eigenvalue weighted by molar-refractivity contribution is 0.0604. The lowest BCUT2D eigenvalue weighted by Gasteiger charge is -2.28. The Morgan fingerprint density at radius 2 is 2.14 bits per heavy atom. The van der Waals surface area contributed by atoms with Gasteiger partial charge in [-0.2, -0.15) is 10.1 Å². The maximum Gasteiger partial charge on any atom is 0.408 e. The third kappa shape index (κ3) is 4.48. The Bertz CT molecular complexity index is 1220. The van der Waals surface area contributed by atoms with Crippen LogP contribution in [-0.2, 0) is 14.2 Å². The monoisotopic (exact) mass is 486 g/mol. The molecule has 3 aromatic heterocycles. The molecule has 2 aliphatic heterocycles. The average molecular weight is 487 g/mol. The van der Waals surface area contributed by atoms with E-state index < -0.39 is 24.5 Å². The van der Waals surface area contributed by atoms with Crippen molar-refractivity contribution in [1.82, 2.24) is 29.9 Å². The number of nitrogens with one attached hydrogen (secondary N) is 3. The van der Waals surface area contributed by atoms with Gasteiger partial charge in [-0.05, 0) is 19.8 Å². The summed E-state index contributed by atoms with van der Waals surface area (Å²) in [6.45, 7) is 4.67. The highest BCUT2D eigenvalue weighted by molar-refractivity contribution is 5.69. The number of hydrogen-bond donors (Lipinski definition) is 3. The second kappa shape index (κ2) is 8.64. The van der Waals surface area contributed by atoms with Crippen LogP contribution >= 0.6 is 0 Å². The molecule has 0 spiro atoms. The molecule has 0 radical (unpaired) electrons. The van der Waals surface area contributed by atoms with Gasteiger partial charge in [0, 0.05) is 43.2 Å². The van der Waals surface area contributed by atoms with Crippen LogP contribution in [0.15, 0.2) is 24.5 Å². The molecule has 12 nitrogen and oxygen atoms in total. The van der Waals surface area contributed by atoms with Crippen molar-refractivity contribution in [2.24, 2.45) is 0 Å². The molecule has 3 aliphatic rings. The summed E-state index contributed by atoms with van der Waals surface area (Å²) in [5.41, 5.74) is 0.937. The normalized spacial score (nSPS) is 25.5. The summed E-state index contributed by atoms with van der Waals surface area (Å²) < 4.78 is 33.2. The molecule has 6 rings (SSSR count). The number of morpholine rings is 1. The van der Waals surface area contributed by atoms with Crippen LogP contribution in [-0.4, -0.2) is 81.4 Å². The van der Waals surface area contributed by atoms with Gasteiger partial charge in [0.15, 0.2) is 18.1 Å². The van der Waals surface area contributed by atoms with Gasteiger partial charge < -0.3 is 29.7 Å². The Labute approximate surface area is 200 Å². The average Bonchev–Trinajstić information content (AvgIpc) is 3.22. The number of hydrogen-bond acceptors (Lipinski definition) is 9. The second-order valence-corrected chi connectivity index (χ2v) is 9.35. The largest absolute Gasteiger partial charge is 0.441 e. The minimum Gasteiger partial charge on any atom is -0.441 e. The topological polar surface area (TPSA) is 131 Å². The molecule has 13 heteroatoms. The summed E-state index contributed by atoms with van der Waals surface area (Å²) in [6, 6.07) is 3.59. The highest BCUT2D eigenvalue weighted by Gasteiger charge is 2.44. The summed E-state index contributed by atoms with van der Waals surface area (Å²) in [7, 11) is 0. The van der Waals surface area contributed by atoms with Gasteiger partial charge in [-0.25, -0.2) is 14.2 Å². The number of imidazole rings is 1. The predicted octanol–water partition coefficient (Wildman–Crippen LogP) is 2.09. The van der Waals surface area contributed by atoms with E-state index in [4.69, 9.17) is 19.2 Å². The maximum atomic E-state index is 15.1. The first kappa shape index (κ1) is 22.0. The van der Waals surface area contributed by atoms with Gasteiger partial charge in [0.1, 0.15) is 17.6 Å². The Balaban J connectivity index is 1.15. The number of anilines is 3. The lowest BCUT2D eigenvalue weighted by Crippen LogP contribution is -2.39. The Morgan fingerprint density at radius 1 is 1.31 bits per heavy atom. The molecule has 0 bridgehead atoms. The highest BCUT2D eigenvalue weighted by Crippen LogP contribution is 2.36. The number of carbonyl (C=O) groups excluding carboxylic acids is 1. The zero-order chi connectivity index (χ0) is 24.0. The van der Waals surface area contributed by atoms with Crippen molar-refractivity contribution in [2.75, 3.05) is 43.1 Å². The number of H-pyrrole nitrogens is 1. The number of carbonyl (C=O) groups is 1. The Kier molecular flexibility index (Phi) is 5.44. The van der Waals surface area contributed by atoms with Crippen LogP contribution in [0.4, 0.5) is 26.8 Å². The number of fused-ring (bicyclic) bond motifs is 1. The zero-order valence-electron chi connectivity index (χ0n) is 19.2. The van der Waals surface area contributed by atoms with Crippen LogP contribution in [0.5, 0.6) is 0 Å². The van der Waals surface area contributed by atoms with E-state index in [1.54, 1.807) is 18.5 Å². The van der Waals surface area contributed by atoms with Crippen molar-refractivity contribution in [3.8, 4) is 0 Å². The smallest absolute Gasteiger partial charge is 0.408 e.